The molecule has 0 aliphatic carbocycles. The van der Waals surface area contributed by atoms with Crippen LogP contribution in [0, 0.1) is 10.1 Å². The van der Waals surface area contributed by atoms with Crippen LogP contribution in [-0.2, 0) is 6.54 Å². The van der Waals surface area contributed by atoms with Gasteiger partial charge in [0.1, 0.15) is 0 Å². The summed E-state index contributed by atoms with van der Waals surface area (Å²) < 4.78 is 0. The maximum absolute atomic E-state index is 11.1. The van der Waals surface area contributed by atoms with E-state index in [0.717, 1.165) is 17.5 Å². The van der Waals surface area contributed by atoms with Crippen molar-refractivity contribution < 1.29 is 10.0 Å². The number of nitro benzene ring substituents is 1. The molecule has 8 heteroatoms. The summed E-state index contributed by atoms with van der Waals surface area (Å²) in [5.41, 5.74) is 4.13. The van der Waals surface area contributed by atoms with E-state index in [9.17, 15) is 15.2 Å². The number of hydrogen-bond acceptors (Lipinski definition) is 5. The molecule has 1 aromatic heterocycles. The van der Waals surface area contributed by atoms with E-state index in [4.69, 9.17) is 16.6 Å². The van der Waals surface area contributed by atoms with Crippen LogP contribution in [0.4, 0.5) is 11.4 Å². The Labute approximate surface area is 189 Å². The zero-order valence-corrected chi connectivity index (χ0v) is 18.3. The highest BCUT2D eigenvalue weighted by molar-refractivity contribution is 6.31. The summed E-state index contributed by atoms with van der Waals surface area (Å²) in [6.07, 6.45) is 0. The fraction of sp³-hybridized carbons (Fsp3) is 0.125. The van der Waals surface area contributed by atoms with Crippen LogP contribution in [0.5, 0.6) is 5.88 Å². The van der Waals surface area contributed by atoms with Crippen molar-refractivity contribution in [3.63, 3.8) is 0 Å². The number of fused-ring (bicyclic) bond motifs is 1. The standard InChI is InChI=1S/C24H21ClN4O3/c1-28(2)14-15-3-8-18(9-4-15)26-23(16-5-10-19(11-6-16)29(31)32)22-20-12-7-17(25)13-21(20)27-24(22)30/h3-13,27,30H,14H2,1-2H3. The lowest BCUT2D eigenvalue weighted by Crippen LogP contribution is -2.10. The first kappa shape index (κ1) is 21.5. The minimum absolute atomic E-state index is 0.0175. The molecule has 0 saturated heterocycles. The molecule has 3 aromatic carbocycles. The van der Waals surface area contributed by atoms with Crippen LogP contribution in [0.1, 0.15) is 16.7 Å². The van der Waals surface area contributed by atoms with Crippen molar-refractivity contribution in [1.82, 2.24) is 9.88 Å². The van der Waals surface area contributed by atoms with Gasteiger partial charge in [-0.15, -0.1) is 0 Å². The van der Waals surface area contributed by atoms with E-state index in [2.05, 4.69) is 9.88 Å². The Balaban J connectivity index is 1.87. The molecule has 162 valence electrons. The first-order valence-electron chi connectivity index (χ1n) is 9.89. The van der Waals surface area contributed by atoms with Crippen LogP contribution in [0.25, 0.3) is 10.9 Å². The summed E-state index contributed by atoms with van der Waals surface area (Å²) in [6, 6.07) is 19.2. The number of rotatable bonds is 6. The molecule has 0 atom stereocenters. The van der Waals surface area contributed by atoms with Gasteiger partial charge < -0.3 is 15.0 Å². The summed E-state index contributed by atoms with van der Waals surface area (Å²) >= 11 is 6.11. The SMILES string of the molecule is CN(C)Cc1ccc(N=C(c2ccc([N+](=O)[O-])cc2)c2c(O)[nH]c3cc(Cl)ccc23)cc1. The molecular weight excluding hydrogens is 428 g/mol. The van der Waals surface area contributed by atoms with Crippen LogP contribution in [0.2, 0.25) is 5.02 Å². The van der Waals surface area contributed by atoms with Gasteiger partial charge in [-0.25, -0.2) is 4.99 Å². The number of nitro groups is 1. The number of aromatic nitrogens is 1. The van der Waals surface area contributed by atoms with Crippen molar-refractivity contribution in [2.45, 2.75) is 6.54 Å². The molecule has 4 aromatic rings. The average Bonchev–Trinajstić information content (AvgIpc) is 3.07. The van der Waals surface area contributed by atoms with Gasteiger partial charge in [0.2, 0.25) is 0 Å². The van der Waals surface area contributed by atoms with Crippen molar-refractivity contribution >= 4 is 39.6 Å². The van der Waals surface area contributed by atoms with Crippen molar-refractivity contribution in [1.29, 1.82) is 0 Å². The first-order chi connectivity index (χ1) is 15.3. The monoisotopic (exact) mass is 448 g/mol. The van der Waals surface area contributed by atoms with Gasteiger partial charge in [0.05, 0.1) is 27.4 Å². The lowest BCUT2D eigenvalue weighted by atomic mass is 10.0. The zero-order valence-electron chi connectivity index (χ0n) is 17.5. The fourth-order valence-electron chi connectivity index (χ4n) is 3.57. The number of non-ortho nitro benzene ring substituents is 1. The van der Waals surface area contributed by atoms with E-state index < -0.39 is 4.92 Å². The Hall–Kier alpha value is -3.68. The second-order valence-electron chi connectivity index (χ2n) is 7.71. The predicted octanol–water partition coefficient (Wildman–Crippen LogP) is 5.67. The largest absolute Gasteiger partial charge is 0.494 e. The van der Waals surface area contributed by atoms with Crippen LogP contribution < -0.4 is 0 Å². The van der Waals surface area contributed by atoms with E-state index in [1.807, 2.05) is 44.4 Å². The molecule has 0 radical (unpaired) electrons. The van der Waals surface area contributed by atoms with Crippen LogP contribution in [0.15, 0.2) is 71.7 Å². The molecule has 0 fully saturated rings. The Morgan fingerprint density at radius 2 is 1.78 bits per heavy atom. The summed E-state index contributed by atoms with van der Waals surface area (Å²) in [5, 5.41) is 23.1. The maximum atomic E-state index is 11.1. The van der Waals surface area contributed by atoms with E-state index in [-0.39, 0.29) is 11.6 Å². The van der Waals surface area contributed by atoms with Gasteiger partial charge in [-0.05, 0) is 56.1 Å². The highest BCUT2D eigenvalue weighted by Gasteiger charge is 2.19. The second kappa shape index (κ2) is 8.82. The number of nitrogens with one attached hydrogen (secondary N) is 1. The summed E-state index contributed by atoms with van der Waals surface area (Å²) in [4.78, 5) is 20.5. The van der Waals surface area contributed by atoms with Crippen molar-refractivity contribution in [3.05, 3.63) is 98.6 Å². The normalized spacial score (nSPS) is 11.9. The number of aromatic hydroxyl groups is 1. The highest BCUT2D eigenvalue weighted by atomic mass is 35.5. The lowest BCUT2D eigenvalue weighted by Gasteiger charge is -2.10. The van der Waals surface area contributed by atoms with E-state index in [0.29, 0.717) is 33.1 Å². The average molecular weight is 449 g/mol. The predicted molar refractivity (Wildman–Crippen MR) is 127 cm³/mol. The Morgan fingerprint density at radius 1 is 1.09 bits per heavy atom. The first-order valence-corrected chi connectivity index (χ1v) is 10.3. The van der Waals surface area contributed by atoms with Crippen molar-refractivity contribution in [3.8, 4) is 5.88 Å². The quantitative estimate of drug-likeness (QED) is 0.226. The molecule has 0 spiro atoms. The second-order valence-corrected chi connectivity index (χ2v) is 8.14. The van der Waals surface area contributed by atoms with Crippen LogP contribution in [0.3, 0.4) is 0 Å². The third-order valence-corrected chi connectivity index (χ3v) is 5.24. The number of aromatic amines is 1. The summed E-state index contributed by atoms with van der Waals surface area (Å²) in [6.45, 7) is 0.809. The molecule has 0 aliphatic rings. The third-order valence-electron chi connectivity index (χ3n) is 5.01. The molecule has 1 heterocycles. The van der Waals surface area contributed by atoms with Gasteiger partial charge >= 0.3 is 0 Å². The van der Waals surface area contributed by atoms with Gasteiger partial charge in [0, 0.05) is 34.6 Å². The number of H-pyrrole nitrogens is 1. The van der Waals surface area contributed by atoms with Crippen LogP contribution in [-0.4, -0.2) is 39.7 Å². The highest BCUT2D eigenvalue weighted by Crippen LogP contribution is 2.33. The third kappa shape index (κ3) is 4.49. The number of hydrogen-bond donors (Lipinski definition) is 2. The van der Waals surface area contributed by atoms with Gasteiger partial charge in [0.15, 0.2) is 5.88 Å². The topological polar surface area (TPSA) is 94.8 Å². The lowest BCUT2D eigenvalue weighted by molar-refractivity contribution is -0.384. The van der Waals surface area contributed by atoms with Gasteiger partial charge in [0.25, 0.3) is 5.69 Å². The number of nitrogens with zero attached hydrogens (tertiary/aromatic N) is 3. The molecule has 0 saturated carbocycles. The molecule has 0 aliphatic heterocycles. The Kier molecular flexibility index (Phi) is 5.94. The number of aliphatic imine (C=N–C) groups is 1. The van der Waals surface area contributed by atoms with E-state index in [1.54, 1.807) is 24.3 Å². The molecule has 0 unspecified atom stereocenters. The number of benzene rings is 3. The molecule has 32 heavy (non-hydrogen) atoms. The molecule has 0 bridgehead atoms. The van der Waals surface area contributed by atoms with Crippen molar-refractivity contribution in [2.24, 2.45) is 4.99 Å². The molecular formula is C24H21ClN4O3. The van der Waals surface area contributed by atoms with Gasteiger partial charge in [-0.1, -0.05) is 29.8 Å². The van der Waals surface area contributed by atoms with Crippen molar-refractivity contribution in [2.75, 3.05) is 14.1 Å². The zero-order chi connectivity index (χ0) is 22.8. The number of halogens is 1. The maximum Gasteiger partial charge on any atom is 0.269 e. The smallest absolute Gasteiger partial charge is 0.269 e. The molecule has 7 nitrogen and oxygen atoms in total. The molecule has 2 N–H and O–H groups in total. The Morgan fingerprint density at radius 3 is 2.41 bits per heavy atom. The summed E-state index contributed by atoms with van der Waals surface area (Å²) in [7, 11) is 4.01. The van der Waals surface area contributed by atoms with E-state index in [1.165, 1.54) is 12.1 Å². The van der Waals surface area contributed by atoms with Crippen LogP contribution >= 0.6 is 11.6 Å². The minimum Gasteiger partial charge on any atom is -0.494 e. The fourth-order valence-corrected chi connectivity index (χ4v) is 3.74. The van der Waals surface area contributed by atoms with Gasteiger partial charge in [-0.2, -0.15) is 0 Å². The Bertz CT molecular complexity index is 1310. The van der Waals surface area contributed by atoms with Gasteiger partial charge in [-0.3, -0.25) is 10.1 Å². The minimum atomic E-state index is -0.449. The van der Waals surface area contributed by atoms with E-state index >= 15 is 0 Å². The summed E-state index contributed by atoms with van der Waals surface area (Å²) in [5.74, 6) is -0.0522. The molecule has 4 rings (SSSR count). The molecule has 0 amide bonds.